The summed E-state index contributed by atoms with van der Waals surface area (Å²) in [6, 6.07) is 3.66. The maximum Gasteiger partial charge on any atom is 0.178 e. The molecule has 0 spiro atoms. The Morgan fingerprint density at radius 1 is 1.47 bits per heavy atom. The van der Waals surface area contributed by atoms with Crippen LogP contribution < -0.4 is 0 Å². The number of thiophene rings is 2. The number of rotatable bonds is 3. The van der Waals surface area contributed by atoms with Crippen molar-refractivity contribution in [3.8, 4) is 0 Å². The smallest absolute Gasteiger partial charge is 0.178 e. The van der Waals surface area contributed by atoms with Crippen molar-refractivity contribution in [2.24, 2.45) is 0 Å². The van der Waals surface area contributed by atoms with Crippen molar-refractivity contribution in [2.75, 3.05) is 0 Å². The van der Waals surface area contributed by atoms with Crippen LogP contribution in [0.5, 0.6) is 0 Å². The van der Waals surface area contributed by atoms with E-state index in [1.54, 1.807) is 0 Å². The SMILES string of the molecule is O=C(Cc1sccc1Cl)c1cc(Br)cs1. The van der Waals surface area contributed by atoms with Crippen LogP contribution in [0.15, 0.2) is 27.4 Å². The number of Topliss-reactive ketones (excluding diaryl/α,β-unsaturated/α-hetero) is 1. The van der Waals surface area contributed by atoms with Crippen LogP contribution in [-0.2, 0) is 6.42 Å². The van der Waals surface area contributed by atoms with Gasteiger partial charge in [0.2, 0.25) is 0 Å². The Morgan fingerprint density at radius 2 is 2.27 bits per heavy atom. The summed E-state index contributed by atoms with van der Waals surface area (Å²) in [7, 11) is 0. The molecule has 0 aliphatic rings. The fourth-order valence-corrected chi connectivity index (χ4v) is 3.61. The quantitative estimate of drug-likeness (QED) is 0.752. The van der Waals surface area contributed by atoms with Crippen molar-refractivity contribution in [3.05, 3.63) is 42.1 Å². The van der Waals surface area contributed by atoms with E-state index in [0.29, 0.717) is 11.4 Å². The highest BCUT2D eigenvalue weighted by Crippen LogP contribution is 2.26. The zero-order valence-electron chi connectivity index (χ0n) is 7.50. The monoisotopic (exact) mass is 320 g/mol. The van der Waals surface area contributed by atoms with Gasteiger partial charge in [-0.1, -0.05) is 11.6 Å². The third kappa shape index (κ3) is 2.69. The lowest BCUT2D eigenvalue weighted by molar-refractivity contribution is 0.0997. The Bertz CT molecular complexity index is 489. The highest BCUT2D eigenvalue weighted by molar-refractivity contribution is 9.10. The fourth-order valence-electron chi connectivity index (χ4n) is 1.14. The Morgan fingerprint density at radius 3 is 2.80 bits per heavy atom. The molecule has 2 rings (SSSR count). The molecule has 2 heterocycles. The first kappa shape index (κ1) is 11.3. The van der Waals surface area contributed by atoms with Crippen molar-refractivity contribution >= 4 is 56.0 Å². The number of carbonyl (C=O) groups excluding carboxylic acids is 1. The van der Waals surface area contributed by atoms with Gasteiger partial charge in [-0.25, -0.2) is 0 Å². The van der Waals surface area contributed by atoms with Gasteiger partial charge in [0.1, 0.15) is 0 Å². The van der Waals surface area contributed by atoms with E-state index >= 15 is 0 Å². The predicted octanol–water partition coefficient (Wildman–Crippen LogP) is 4.65. The lowest BCUT2D eigenvalue weighted by Crippen LogP contribution is -1.99. The molecule has 0 N–H and O–H groups in total. The molecule has 78 valence electrons. The molecule has 0 bridgehead atoms. The van der Waals surface area contributed by atoms with Gasteiger partial charge in [0.25, 0.3) is 0 Å². The van der Waals surface area contributed by atoms with Gasteiger partial charge in [-0.2, -0.15) is 0 Å². The van der Waals surface area contributed by atoms with Crippen LogP contribution in [0.1, 0.15) is 14.5 Å². The van der Waals surface area contributed by atoms with Crippen molar-refractivity contribution in [2.45, 2.75) is 6.42 Å². The molecule has 0 radical (unpaired) electrons. The van der Waals surface area contributed by atoms with Gasteiger partial charge in [0, 0.05) is 21.2 Å². The van der Waals surface area contributed by atoms with Crippen LogP contribution in [-0.4, -0.2) is 5.78 Å². The van der Waals surface area contributed by atoms with Gasteiger partial charge in [0.15, 0.2) is 5.78 Å². The first-order valence-electron chi connectivity index (χ1n) is 4.16. The minimum Gasteiger partial charge on any atom is -0.293 e. The van der Waals surface area contributed by atoms with Gasteiger partial charge >= 0.3 is 0 Å². The summed E-state index contributed by atoms with van der Waals surface area (Å²) in [6.45, 7) is 0. The number of halogens is 2. The highest BCUT2D eigenvalue weighted by Gasteiger charge is 2.12. The zero-order valence-corrected chi connectivity index (χ0v) is 11.5. The summed E-state index contributed by atoms with van der Waals surface area (Å²) in [5.74, 6) is 0.120. The standard InChI is InChI=1S/C10H6BrClOS2/c11-6-3-10(15-5-6)8(13)4-9-7(12)1-2-14-9/h1-3,5H,4H2. The number of hydrogen-bond donors (Lipinski definition) is 0. The summed E-state index contributed by atoms with van der Waals surface area (Å²) in [5.41, 5.74) is 0. The van der Waals surface area contributed by atoms with Gasteiger partial charge < -0.3 is 0 Å². The van der Waals surface area contributed by atoms with E-state index in [9.17, 15) is 4.79 Å². The Kier molecular flexibility index (Phi) is 3.61. The molecule has 0 aromatic carbocycles. The molecule has 0 atom stereocenters. The number of ketones is 1. The van der Waals surface area contributed by atoms with Crippen LogP contribution in [0.4, 0.5) is 0 Å². The average molecular weight is 322 g/mol. The lowest BCUT2D eigenvalue weighted by atomic mass is 10.2. The third-order valence-electron chi connectivity index (χ3n) is 1.85. The molecular formula is C10H6BrClOS2. The van der Waals surface area contributed by atoms with E-state index in [2.05, 4.69) is 15.9 Å². The molecule has 0 fully saturated rings. The van der Waals surface area contributed by atoms with E-state index in [0.717, 1.165) is 14.2 Å². The molecule has 0 aliphatic heterocycles. The topological polar surface area (TPSA) is 17.1 Å². The molecule has 1 nitrogen and oxygen atoms in total. The highest BCUT2D eigenvalue weighted by atomic mass is 79.9. The van der Waals surface area contributed by atoms with Gasteiger partial charge in [-0.05, 0) is 33.4 Å². The third-order valence-corrected chi connectivity index (χ3v) is 4.97. The van der Waals surface area contributed by atoms with Crippen LogP contribution in [0.25, 0.3) is 0 Å². The second-order valence-corrected chi connectivity index (χ2v) is 6.16. The molecule has 0 saturated carbocycles. The average Bonchev–Trinajstić information content (AvgIpc) is 2.77. The fraction of sp³-hybridized carbons (Fsp3) is 0.100. The van der Waals surface area contributed by atoms with Gasteiger partial charge in [-0.15, -0.1) is 22.7 Å². The van der Waals surface area contributed by atoms with Crippen molar-refractivity contribution in [3.63, 3.8) is 0 Å². The molecular weight excluding hydrogens is 316 g/mol. The van der Waals surface area contributed by atoms with Crippen molar-refractivity contribution < 1.29 is 4.79 Å². The first-order valence-corrected chi connectivity index (χ1v) is 7.09. The van der Waals surface area contributed by atoms with Gasteiger partial charge in [0.05, 0.1) is 9.90 Å². The van der Waals surface area contributed by atoms with E-state index < -0.39 is 0 Å². The summed E-state index contributed by atoms with van der Waals surface area (Å²) in [5, 5.41) is 4.49. The Hall–Kier alpha value is -0.160. The van der Waals surface area contributed by atoms with E-state index in [4.69, 9.17) is 11.6 Å². The lowest BCUT2D eigenvalue weighted by Gasteiger charge is -1.95. The van der Waals surface area contributed by atoms with E-state index in [-0.39, 0.29) is 5.78 Å². The maximum atomic E-state index is 11.8. The molecule has 2 aromatic rings. The predicted molar refractivity (Wildman–Crippen MR) is 69.4 cm³/mol. The summed E-state index contributed by atoms with van der Waals surface area (Å²) < 4.78 is 0.952. The maximum absolute atomic E-state index is 11.8. The molecule has 0 amide bonds. The second kappa shape index (κ2) is 4.78. The molecule has 15 heavy (non-hydrogen) atoms. The summed E-state index contributed by atoms with van der Waals surface area (Å²) >= 11 is 12.2. The number of hydrogen-bond acceptors (Lipinski definition) is 3. The Balaban J connectivity index is 2.14. The minimum absolute atomic E-state index is 0.120. The molecule has 5 heteroatoms. The molecule has 0 saturated heterocycles. The van der Waals surface area contributed by atoms with E-state index in [1.807, 2.05) is 22.9 Å². The second-order valence-electron chi connectivity index (χ2n) is 2.92. The molecule has 2 aromatic heterocycles. The zero-order chi connectivity index (χ0) is 10.8. The first-order chi connectivity index (χ1) is 7.16. The summed E-state index contributed by atoms with van der Waals surface area (Å²) in [6.07, 6.45) is 0.392. The molecule has 0 unspecified atom stereocenters. The largest absolute Gasteiger partial charge is 0.293 e. The van der Waals surface area contributed by atoms with Crippen LogP contribution in [0, 0.1) is 0 Å². The van der Waals surface area contributed by atoms with E-state index in [1.165, 1.54) is 22.7 Å². The van der Waals surface area contributed by atoms with Crippen LogP contribution in [0.3, 0.4) is 0 Å². The Labute approximate surface area is 109 Å². The van der Waals surface area contributed by atoms with Crippen molar-refractivity contribution in [1.29, 1.82) is 0 Å². The minimum atomic E-state index is 0.120. The summed E-state index contributed by atoms with van der Waals surface area (Å²) in [4.78, 5) is 13.5. The normalized spacial score (nSPS) is 10.5. The van der Waals surface area contributed by atoms with Crippen molar-refractivity contribution in [1.82, 2.24) is 0 Å². The van der Waals surface area contributed by atoms with Crippen LogP contribution in [0.2, 0.25) is 5.02 Å². The molecule has 0 aliphatic carbocycles. The van der Waals surface area contributed by atoms with Gasteiger partial charge in [-0.3, -0.25) is 4.79 Å². The van der Waals surface area contributed by atoms with Crippen LogP contribution >= 0.6 is 50.2 Å². The number of carbonyl (C=O) groups is 1.